The summed E-state index contributed by atoms with van der Waals surface area (Å²) in [7, 11) is 1.65. The minimum atomic E-state index is -0.157. The Morgan fingerprint density at radius 2 is 1.71 bits per heavy atom. The summed E-state index contributed by atoms with van der Waals surface area (Å²) in [6, 6.07) is 7.82. The van der Waals surface area contributed by atoms with Crippen molar-refractivity contribution in [2.24, 2.45) is 5.41 Å². The van der Waals surface area contributed by atoms with Crippen molar-refractivity contribution < 1.29 is 9.53 Å². The monoisotopic (exact) mass is 381 g/mol. The number of allylic oxidation sites excluding steroid dienone is 2. The first-order chi connectivity index (χ1) is 13.1. The average molecular weight is 382 g/mol. The molecule has 152 valence electrons. The second-order valence-corrected chi connectivity index (χ2v) is 8.12. The largest absolute Gasteiger partial charge is 0.497 e. The van der Waals surface area contributed by atoms with E-state index in [1.807, 2.05) is 44.3 Å². The highest BCUT2D eigenvalue weighted by Crippen LogP contribution is 2.19. The van der Waals surface area contributed by atoms with E-state index < -0.39 is 0 Å². The number of benzene rings is 1. The van der Waals surface area contributed by atoms with Gasteiger partial charge in [-0.1, -0.05) is 49.0 Å². The molecule has 1 rings (SSSR count). The van der Waals surface area contributed by atoms with Crippen LogP contribution < -0.4 is 4.74 Å². The number of carbonyl (C=O) groups excluding carboxylic acids is 1. The molecule has 0 spiro atoms. The molecule has 0 aliphatic carbocycles. The van der Waals surface area contributed by atoms with Crippen LogP contribution in [0.1, 0.15) is 66.9 Å². The van der Waals surface area contributed by atoms with Crippen molar-refractivity contribution in [1.29, 1.82) is 0 Å². The number of rotatable bonds is 7. The molecular formula is C25H35NO2. The Kier molecular flexibility index (Phi) is 9.06. The van der Waals surface area contributed by atoms with Gasteiger partial charge >= 0.3 is 0 Å². The van der Waals surface area contributed by atoms with E-state index in [0.29, 0.717) is 12.1 Å². The van der Waals surface area contributed by atoms with Gasteiger partial charge in [0, 0.05) is 11.6 Å². The van der Waals surface area contributed by atoms with Gasteiger partial charge < -0.3 is 9.64 Å². The van der Waals surface area contributed by atoms with Crippen LogP contribution in [-0.2, 0) is 11.3 Å². The number of hydrogen-bond donors (Lipinski definition) is 0. The van der Waals surface area contributed by atoms with Gasteiger partial charge in [-0.3, -0.25) is 4.79 Å². The average Bonchev–Trinajstić information content (AvgIpc) is 2.66. The van der Waals surface area contributed by atoms with E-state index in [0.717, 1.165) is 35.3 Å². The molecule has 3 nitrogen and oxygen atoms in total. The summed E-state index contributed by atoms with van der Waals surface area (Å²) in [4.78, 5) is 15.2. The van der Waals surface area contributed by atoms with Gasteiger partial charge in [-0.25, -0.2) is 0 Å². The van der Waals surface area contributed by atoms with Crippen LogP contribution >= 0.6 is 0 Å². The highest BCUT2D eigenvalue weighted by Gasteiger charge is 2.19. The van der Waals surface area contributed by atoms with Gasteiger partial charge in [-0.2, -0.15) is 0 Å². The zero-order chi connectivity index (χ0) is 21.3. The molecule has 3 heteroatoms. The summed E-state index contributed by atoms with van der Waals surface area (Å²) in [5, 5.41) is 0. The molecule has 0 N–H and O–H groups in total. The normalized spacial score (nSPS) is 12.6. The lowest BCUT2D eigenvalue weighted by Crippen LogP contribution is -2.27. The highest BCUT2D eigenvalue weighted by molar-refractivity contribution is 5.99. The second kappa shape index (κ2) is 10.8. The van der Waals surface area contributed by atoms with Crippen molar-refractivity contribution in [3.8, 4) is 17.6 Å². The Balaban J connectivity index is 3.32. The zero-order valence-electron chi connectivity index (χ0n) is 18.8. The Bertz CT molecular complexity index is 781. The maximum absolute atomic E-state index is 13.4. The van der Waals surface area contributed by atoms with E-state index in [1.165, 1.54) is 0 Å². The van der Waals surface area contributed by atoms with E-state index in [1.54, 1.807) is 12.0 Å². The zero-order valence-corrected chi connectivity index (χ0v) is 18.8. The predicted octanol–water partition coefficient (Wildman–Crippen LogP) is 6.11. The van der Waals surface area contributed by atoms with Gasteiger partial charge in [0.25, 0.3) is 5.91 Å². The fourth-order valence-corrected chi connectivity index (χ4v) is 2.37. The quantitative estimate of drug-likeness (QED) is 0.421. The van der Waals surface area contributed by atoms with E-state index in [9.17, 15) is 4.79 Å². The van der Waals surface area contributed by atoms with Crippen molar-refractivity contribution in [2.45, 2.75) is 67.9 Å². The van der Waals surface area contributed by atoms with Crippen LogP contribution in [0.3, 0.4) is 0 Å². The molecule has 0 bridgehead atoms. The number of ether oxygens (including phenoxy) is 1. The predicted molar refractivity (Wildman–Crippen MR) is 118 cm³/mol. The molecule has 0 saturated carbocycles. The molecule has 0 aromatic heterocycles. The molecule has 1 aromatic carbocycles. The van der Waals surface area contributed by atoms with Crippen LogP contribution in [0.2, 0.25) is 0 Å². The van der Waals surface area contributed by atoms with Crippen LogP contribution in [0, 0.1) is 17.3 Å². The van der Waals surface area contributed by atoms with Gasteiger partial charge in [0.2, 0.25) is 0 Å². The molecule has 28 heavy (non-hydrogen) atoms. The van der Waals surface area contributed by atoms with Gasteiger partial charge in [0.05, 0.1) is 19.2 Å². The van der Waals surface area contributed by atoms with Crippen molar-refractivity contribution in [2.75, 3.05) is 7.11 Å². The molecule has 0 unspecified atom stereocenters. The van der Waals surface area contributed by atoms with Crippen molar-refractivity contribution in [3.05, 3.63) is 52.7 Å². The lowest BCUT2D eigenvalue weighted by atomic mass is 9.96. The van der Waals surface area contributed by atoms with Crippen LogP contribution in [-0.4, -0.2) is 17.9 Å². The first kappa shape index (κ1) is 23.6. The van der Waals surface area contributed by atoms with Gasteiger partial charge in [0.1, 0.15) is 5.75 Å². The smallest absolute Gasteiger partial charge is 0.266 e. The van der Waals surface area contributed by atoms with Crippen LogP contribution in [0.5, 0.6) is 5.75 Å². The maximum atomic E-state index is 13.4. The molecule has 0 heterocycles. The van der Waals surface area contributed by atoms with Crippen LogP contribution in [0.4, 0.5) is 0 Å². The standard InChI is InChI=1S/C25H35NO2/c1-9-19(3)17-26(18-21-11-13-22(28-8)14-12-21)24(27)23(20(4)10-2)15-16-25(5,6)7/h11-14,17H,9-10,18H2,1-8H3/b19-17+,23-20+. The van der Waals surface area contributed by atoms with Gasteiger partial charge in [-0.15, -0.1) is 0 Å². The molecule has 0 aliphatic heterocycles. The molecule has 0 radical (unpaired) electrons. The summed E-state index contributed by atoms with van der Waals surface area (Å²) >= 11 is 0. The minimum absolute atomic E-state index is 0.0419. The number of amides is 1. The molecule has 1 amide bonds. The molecule has 0 aliphatic rings. The SMILES string of the molecule is CC/C(C)=C/N(Cc1ccc(OC)cc1)C(=O)/C(C#CC(C)(C)C)=C(\C)CC. The fourth-order valence-electron chi connectivity index (χ4n) is 2.37. The first-order valence-corrected chi connectivity index (χ1v) is 9.95. The molecule has 0 saturated heterocycles. The summed E-state index contributed by atoms with van der Waals surface area (Å²) in [5.41, 5.74) is 3.66. The summed E-state index contributed by atoms with van der Waals surface area (Å²) in [6.07, 6.45) is 3.65. The van der Waals surface area contributed by atoms with E-state index in [4.69, 9.17) is 4.74 Å². The van der Waals surface area contributed by atoms with Crippen molar-refractivity contribution in [3.63, 3.8) is 0 Å². The molecular weight excluding hydrogens is 346 g/mol. The van der Waals surface area contributed by atoms with E-state index >= 15 is 0 Å². The Labute approximate surface area is 171 Å². The van der Waals surface area contributed by atoms with Crippen molar-refractivity contribution >= 4 is 5.91 Å². The Morgan fingerprint density at radius 3 is 2.18 bits per heavy atom. The van der Waals surface area contributed by atoms with Crippen molar-refractivity contribution in [1.82, 2.24) is 4.90 Å². The lowest BCUT2D eigenvalue weighted by molar-refractivity contribution is -0.124. The second-order valence-electron chi connectivity index (χ2n) is 8.12. The highest BCUT2D eigenvalue weighted by atomic mass is 16.5. The van der Waals surface area contributed by atoms with E-state index in [2.05, 4.69) is 46.5 Å². The number of nitrogens with zero attached hydrogens (tertiary/aromatic N) is 1. The summed E-state index contributed by atoms with van der Waals surface area (Å²) in [5.74, 6) is 7.17. The lowest BCUT2D eigenvalue weighted by Gasteiger charge is -2.21. The minimum Gasteiger partial charge on any atom is -0.497 e. The number of methoxy groups -OCH3 is 1. The number of hydrogen-bond acceptors (Lipinski definition) is 2. The maximum Gasteiger partial charge on any atom is 0.266 e. The molecule has 0 fully saturated rings. The Morgan fingerprint density at radius 1 is 1.11 bits per heavy atom. The molecule has 0 atom stereocenters. The topological polar surface area (TPSA) is 29.5 Å². The number of carbonyl (C=O) groups is 1. The fraction of sp³-hybridized carbons (Fsp3) is 0.480. The summed E-state index contributed by atoms with van der Waals surface area (Å²) in [6.45, 7) is 14.9. The van der Waals surface area contributed by atoms with Crippen LogP contribution in [0.25, 0.3) is 0 Å². The third-order valence-electron chi connectivity index (χ3n) is 4.44. The van der Waals surface area contributed by atoms with Crippen LogP contribution in [0.15, 0.2) is 47.2 Å². The van der Waals surface area contributed by atoms with Gasteiger partial charge in [0.15, 0.2) is 0 Å². The van der Waals surface area contributed by atoms with Gasteiger partial charge in [-0.05, 0) is 65.2 Å². The first-order valence-electron chi connectivity index (χ1n) is 9.95. The van der Waals surface area contributed by atoms with E-state index in [-0.39, 0.29) is 11.3 Å². The third-order valence-corrected chi connectivity index (χ3v) is 4.44. The third kappa shape index (κ3) is 7.64. The Hall–Kier alpha value is -2.47. The summed E-state index contributed by atoms with van der Waals surface area (Å²) < 4.78 is 5.23. The molecule has 1 aromatic rings.